The van der Waals surface area contributed by atoms with Crippen molar-refractivity contribution >= 4 is 17.0 Å². The number of hydrogen-bond donors (Lipinski definition) is 2. The van der Waals surface area contributed by atoms with Crippen molar-refractivity contribution in [3.8, 4) is 5.82 Å². The number of aliphatic imine (C=N–C) groups is 1. The smallest absolute Gasteiger partial charge is 0.191 e. The van der Waals surface area contributed by atoms with Gasteiger partial charge < -0.3 is 15.2 Å². The summed E-state index contributed by atoms with van der Waals surface area (Å²) >= 11 is 0. The minimum Gasteiger partial charge on any atom is -0.356 e. The molecule has 0 spiro atoms. The van der Waals surface area contributed by atoms with Gasteiger partial charge in [-0.25, -0.2) is 15.0 Å². The highest BCUT2D eigenvalue weighted by Gasteiger charge is 2.06. The maximum Gasteiger partial charge on any atom is 0.191 e. The predicted molar refractivity (Wildman–Crippen MR) is 119 cm³/mol. The summed E-state index contributed by atoms with van der Waals surface area (Å²) in [6, 6.07) is 12.3. The second-order valence-corrected chi connectivity index (χ2v) is 7.00. The molecule has 0 aliphatic carbocycles. The largest absolute Gasteiger partial charge is 0.356 e. The van der Waals surface area contributed by atoms with E-state index in [1.807, 2.05) is 29.1 Å². The van der Waals surface area contributed by atoms with Crippen molar-refractivity contribution in [1.82, 2.24) is 34.7 Å². The molecule has 30 heavy (non-hydrogen) atoms. The van der Waals surface area contributed by atoms with Gasteiger partial charge in [-0.15, -0.1) is 0 Å². The minimum atomic E-state index is 0.655. The summed E-state index contributed by atoms with van der Waals surface area (Å²) in [5, 5.41) is 6.71. The van der Waals surface area contributed by atoms with Crippen LogP contribution in [-0.2, 0) is 13.1 Å². The molecule has 0 amide bonds. The van der Waals surface area contributed by atoms with Gasteiger partial charge in [0.05, 0.1) is 11.0 Å². The van der Waals surface area contributed by atoms with E-state index in [1.54, 1.807) is 19.6 Å². The van der Waals surface area contributed by atoms with Crippen LogP contribution in [0.2, 0.25) is 0 Å². The van der Waals surface area contributed by atoms with Crippen LogP contribution in [0, 0.1) is 6.92 Å². The first-order valence-corrected chi connectivity index (χ1v) is 10.0. The maximum absolute atomic E-state index is 4.62. The van der Waals surface area contributed by atoms with E-state index >= 15 is 0 Å². The quantitative estimate of drug-likeness (QED) is 0.282. The molecule has 0 atom stereocenters. The predicted octanol–water partition coefficient (Wildman–Crippen LogP) is 2.68. The van der Waals surface area contributed by atoms with Gasteiger partial charge in [0.15, 0.2) is 5.96 Å². The molecule has 0 saturated heterocycles. The second kappa shape index (κ2) is 9.21. The number of nitrogens with zero attached hydrogens (tertiary/aromatic N) is 6. The number of nitrogens with one attached hydrogen (secondary N) is 2. The maximum atomic E-state index is 4.62. The lowest BCUT2D eigenvalue weighted by molar-refractivity contribution is 0.624. The molecular weight excluding hydrogens is 376 g/mol. The van der Waals surface area contributed by atoms with Crippen LogP contribution in [0.15, 0.2) is 66.3 Å². The van der Waals surface area contributed by atoms with Gasteiger partial charge in [-0.1, -0.05) is 18.2 Å². The van der Waals surface area contributed by atoms with Crippen LogP contribution >= 0.6 is 0 Å². The molecule has 2 N–H and O–H groups in total. The highest BCUT2D eigenvalue weighted by atomic mass is 15.2. The normalized spacial score (nSPS) is 11.7. The van der Waals surface area contributed by atoms with Crippen molar-refractivity contribution < 1.29 is 0 Å². The molecule has 1 aromatic carbocycles. The Morgan fingerprint density at radius 2 is 2.03 bits per heavy atom. The lowest BCUT2D eigenvalue weighted by atomic mass is 10.3. The summed E-state index contributed by atoms with van der Waals surface area (Å²) in [5.41, 5.74) is 3.32. The van der Waals surface area contributed by atoms with Crippen LogP contribution in [0.4, 0.5) is 0 Å². The molecular formula is C22H26N8. The van der Waals surface area contributed by atoms with E-state index in [9.17, 15) is 0 Å². The van der Waals surface area contributed by atoms with Crippen molar-refractivity contribution in [1.29, 1.82) is 0 Å². The molecule has 8 heteroatoms. The van der Waals surface area contributed by atoms with Crippen LogP contribution in [0.5, 0.6) is 0 Å². The average molecular weight is 403 g/mol. The molecule has 0 saturated carbocycles. The molecule has 0 unspecified atom stereocenters. The number of benzene rings is 1. The molecule has 0 aliphatic rings. The molecule has 154 valence electrons. The molecule has 0 bridgehead atoms. The van der Waals surface area contributed by atoms with Gasteiger partial charge >= 0.3 is 0 Å². The number of aromatic nitrogens is 5. The third-order valence-electron chi connectivity index (χ3n) is 4.96. The number of imidazole rings is 2. The number of hydrogen-bond acceptors (Lipinski definition) is 4. The van der Waals surface area contributed by atoms with E-state index in [1.165, 1.54) is 5.52 Å². The molecule has 3 aromatic heterocycles. The molecule has 4 rings (SSSR count). The molecule has 3 heterocycles. The fraction of sp³-hybridized carbons (Fsp3) is 0.273. The van der Waals surface area contributed by atoms with Crippen molar-refractivity contribution in [2.24, 2.45) is 4.99 Å². The Kier molecular flexibility index (Phi) is 6.03. The molecule has 4 aromatic rings. The summed E-state index contributed by atoms with van der Waals surface area (Å²) in [5.74, 6) is 2.67. The van der Waals surface area contributed by atoms with Gasteiger partial charge in [0, 0.05) is 45.3 Å². The second-order valence-electron chi connectivity index (χ2n) is 7.00. The topological polar surface area (TPSA) is 85.0 Å². The van der Waals surface area contributed by atoms with Gasteiger partial charge in [0.2, 0.25) is 0 Å². The highest BCUT2D eigenvalue weighted by molar-refractivity contribution is 5.79. The number of rotatable bonds is 7. The summed E-state index contributed by atoms with van der Waals surface area (Å²) in [6.07, 6.45) is 8.19. The number of guanidine groups is 1. The SMILES string of the molecule is CN=C(NCCCn1c(C)nc2ccccc21)NCc1ccc(-n2ccnc2)nc1. The zero-order chi connectivity index (χ0) is 20.8. The van der Waals surface area contributed by atoms with Gasteiger partial charge in [0.1, 0.15) is 18.0 Å². The van der Waals surface area contributed by atoms with Gasteiger partial charge in [-0.3, -0.25) is 9.56 Å². The lowest BCUT2D eigenvalue weighted by Crippen LogP contribution is -2.37. The summed E-state index contributed by atoms with van der Waals surface area (Å²) < 4.78 is 4.14. The highest BCUT2D eigenvalue weighted by Crippen LogP contribution is 2.15. The molecule has 8 nitrogen and oxygen atoms in total. The summed E-state index contributed by atoms with van der Waals surface area (Å²) in [4.78, 5) is 17.5. The van der Waals surface area contributed by atoms with Crippen LogP contribution in [0.25, 0.3) is 16.9 Å². The third-order valence-corrected chi connectivity index (χ3v) is 4.96. The fourth-order valence-corrected chi connectivity index (χ4v) is 3.40. The average Bonchev–Trinajstić information content (AvgIpc) is 3.42. The monoisotopic (exact) mass is 402 g/mol. The number of pyridine rings is 1. The first-order valence-electron chi connectivity index (χ1n) is 10.0. The standard InChI is InChI=1S/C22H26N8/c1-17-28-19-6-3-4-7-20(19)30(17)12-5-10-25-22(23-2)27-15-18-8-9-21(26-14-18)29-13-11-24-16-29/h3-4,6-9,11,13-14,16H,5,10,12,15H2,1-2H3,(H2,23,25,27). The zero-order valence-electron chi connectivity index (χ0n) is 17.3. The number of fused-ring (bicyclic) bond motifs is 1. The molecule has 0 radical (unpaired) electrons. The van der Waals surface area contributed by atoms with Gasteiger partial charge in [-0.2, -0.15) is 0 Å². The Morgan fingerprint density at radius 3 is 2.80 bits per heavy atom. The summed E-state index contributed by atoms with van der Waals surface area (Å²) in [6.45, 7) is 4.45. The van der Waals surface area contributed by atoms with Crippen molar-refractivity contribution in [2.75, 3.05) is 13.6 Å². The van der Waals surface area contributed by atoms with Crippen molar-refractivity contribution in [3.05, 3.63) is 72.7 Å². The fourth-order valence-electron chi connectivity index (χ4n) is 3.40. The van der Waals surface area contributed by atoms with E-state index < -0.39 is 0 Å². The van der Waals surface area contributed by atoms with Crippen LogP contribution < -0.4 is 10.6 Å². The first kappa shape index (κ1) is 19.6. The Bertz CT molecular complexity index is 1110. The van der Waals surface area contributed by atoms with E-state index in [4.69, 9.17) is 0 Å². The Balaban J connectivity index is 1.24. The zero-order valence-corrected chi connectivity index (χ0v) is 17.3. The Morgan fingerprint density at radius 1 is 1.13 bits per heavy atom. The van der Waals surface area contributed by atoms with Crippen molar-refractivity contribution in [3.63, 3.8) is 0 Å². The van der Waals surface area contributed by atoms with E-state index in [-0.39, 0.29) is 0 Å². The van der Waals surface area contributed by atoms with Crippen LogP contribution in [-0.4, -0.2) is 43.6 Å². The summed E-state index contributed by atoms with van der Waals surface area (Å²) in [7, 11) is 1.78. The Labute approximate surface area is 175 Å². The van der Waals surface area contributed by atoms with Gasteiger partial charge in [-0.05, 0) is 37.1 Å². The minimum absolute atomic E-state index is 0.655. The molecule has 0 aliphatic heterocycles. The lowest BCUT2D eigenvalue weighted by Gasteiger charge is -2.13. The van der Waals surface area contributed by atoms with Crippen LogP contribution in [0.3, 0.4) is 0 Å². The van der Waals surface area contributed by atoms with Crippen molar-refractivity contribution in [2.45, 2.75) is 26.4 Å². The number of para-hydroxylation sites is 2. The third kappa shape index (κ3) is 4.48. The van der Waals surface area contributed by atoms with E-state index in [2.05, 4.69) is 66.3 Å². The van der Waals surface area contributed by atoms with Gasteiger partial charge in [0.25, 0.3) is 0 Å². The van der Waals surface area contributed by atoms with Crippen LogP contribution in [0.1, 0.15) is 17.8 Å². The first-order chi connectivity index (χ1) is 14.7. The van der Waals surface area contributed by atoms with E-state index in [0.29, 0.717) is 6.54 Å². The van der Waals surface area contributed by atoms with E-state index in [0.717, 1.165) is 48.2 Å². The Hall–Kier alpha value is -3.68. The molecule has 0 fully saturated rings. The number of aryl methyl sites for hydroxylation is 2.